The van der Waals surface area contributed by atoms with Crippen LogP contribution in [0.15, 0.2) is 48.5 Å². The van der Waals surface area contributed by atoms with E-state index in [1.54, 1.807) is 36.4 Å². The summed E-state index contributed by atoms with van der Waals surface area (Å²) >= 11 is 5.78. The SMILES string of the molecule is CC(C)Cc1ccc(OC(=O)Nc2ccc(Cl)cc2)cc1. The molecule has 0 atom stereocenters. The minimum atomic E-state index is -0.520. The highest BCUT2D eigenvalue weighted by Crippen LogP contribution is 2.17. The summed E-state index contributed by atoms with van der Waals surface area (Å²) in [6.45, 7) is 4.34. The van der Waals surface area contributed by atoms with Gasteiger partial charge in [-0.2, -0.15) is 0 Å². The molecule has 1 N–H and O–H groups in total. The fourth-order valence-electron chi connectivity index (χ4n) is 1.95. The van der Waals surface area contributed by atoms with Gasteiger partial charge in [0, 0.05) is 10.7 Å². The lowest BCUT2D eigenvalue weighted by Crippen LogP contribution is -2.16. The number of benzene rings is 2. The Hall–Kier alpha value is -2.00. The van der Waals surface area contributed by atoms with E-state index in [0.717, 1.165) is 6.42 Å². The number of carbonyl (C=O) groups is 1. The third kappa shape index (κ3) is 5.12. The maximum atomic E-state index is 11.8. The van der Waals surface area contributed by atoms with Crippen molar-refractivity contribution < 1.29 is 9.53 Å². The van der Waals surface area contributed by atoms with Crippen LogP contribution in [0.3, 0.4) is 0 Å². The number of hydrogen-bond donors (Lipinski definition) is 1. The Morgan fingerprint density at radius 3 is 2.29 bits per heavy atom. The smallest absolute Gasteiger partial charge is 0.410 e. The lowest BCUT2D eigenvalue weighted by molar-refractivity contribution is 0.215. The summed E-state index contributed by atoms with van der Waals surface area (Å²) < 4.78 is 5.23. The monoisotopic (exact) mass is 303 g/mol. The quantitative estimate of drug-likeness (QED) is 0.848. The van der Waals surface area contributed by atoms with Gasteiger partial charge in [0.05, 0.1) is 0 Å². The van der Waals surface area contributed by atoms with E-state index in [4.69, 9.17) is 16.3 Å². The van der Waals surface area contributed by atoms with Crippen LogP contribution in [0.2, 0.25) is 5.02 Å². The number of ether oxygens (including phenoxy) is 1. The summed E-state index contributed by atoms with van der Waals surface area (Å²) in [4.78, 5) is 11.8. The van der Waals surface area contributed by atoms with Crippen molar-refractivity contribution in [3.63, 3.8) is 0 Å². The number of carbonyl (C=O) groups excluding carboxylic acids is 1. The first kappa shape index (κ1) is 15.4. The summed E-state index contributed by atoms with van der Waals surface area (Å²) in [6.07, 6.45) is 0.492. The molecule has 110 valence electrons. The van der Waals surface area contributed by atoms with Gasteiger partial charge in [-0.1, -0.05) is 37.6 Å². The lowest BCUT2D eigenvalue weighted by Gasteiger charge is -2.08. The average Bonchev–Trinajstić information content (AvgIpc) is 2.43. The number of anilines is 1. The molecule has 0 aliphatic rings. The molecule has 0 spiro atoms. The van der Waals surface area contributed by atoms with Gasteiger partial charge in [-0.25, -0.2) is 4.79 Å². The van der Waals surface area contributed by atoms with Crippen LogP contribution in [0.25, 0.3) is 0 Å². The van der Waals surface area contributed by atoms with Crippen LogP contribution in [0.1, 0.15) is 19.4 Å². The highest BCUT2D eigenvalue weighted by atomic mass is 35.5. The Bertz CT molecular complexity index is 591. The highest BCUT2D eigenvalue weighted by molar-refractivity contribution is 6.30. The molecular weight excluding hydrogens is 286 g/mol. The molecule has 0 radical (unpaired) electrons. The first-order valence-corrected chi connectivity index (χ1v) is 7.24. The van der Waals surface area contributed by atoms with E-state index in [0.29, 0.717) is 22.4 Å². The molecule has 0 saturated carbocycles. The molecule has 4 heteroatoms. The Kier molecular flexibility index (Phi) is 5.23. The van der Waals surface area contributed by atoms with E-state index in [1.807, 2.05) is 12.1 Å². The average molecular weight is 304 g/mol. The van der Waals surface area contributed by atoms with Crippen molar-refractivity contribution in [3.8, 4) is 5.75 Å². The van der Waals surface area contributed by atoms with Crippen LogP contribution in [0, 0.1) is 5.92 Å². The zero-order chi connectivity index (χ0) is 15.2. The molecule has 0 fully saturated rings. The van der Waals surface area contributed by atoms with E-state index in [9.17, 15) is 4.79 Å². The van der Waals surface area contributed by atoms with E-state index >= 15 is 0 Å². The van der Waals surface area contributed by atoms with Crippen LogP contribution >= 0.6 is 11.6 Å². The van der Waals surface area contributed by atoms with Gasteiger partial charge in [-0.05, 0) is 54.3 Å². The van der Waals surface area contributed by atoms with E-state index in [-0.39, 0.29) is 0 Å². The highest BCUT2D eigenvalue weighted by Gasteiger charge is 2.05. The predicted octanol–water partition coefficient (Wildman–Crippen LogP) is 5.15. The molecule has 2 aromatic rings. The normalized spacial score (nSPS) is 10.5. The molecule has 0 aromatic heterocycles. The Morgan fingerprint density at radius 1 is 1.10 bits per heavy atom. The van der Waals surface area contributed by atoms with Crippen molar-refractivity contribution >= 4 is 23.4 Å². The molecule has 3 nitrogen and oxygen atoms in total. The lowest BCUT2D eigenvalue weighted by atomic mass is 10.0. The summed E-state index contributed by atoms with van der Waals surface area (Å²) in [5, 5.41) is 3.26. The second-order valence-electron chi connectivity index (χ2n) is 5.26. The van der Waals surface area contributed by atoms with E-state index in [1.165, 1.54) is 5.56 Å². The molecule has 0 bridgehead atoms. The van der Waals surface area contributed by atoms with Crippen molar-refractivity contribution in [1.82, 2.24) is 0 Å². The van der Waals surface area contributed by atoms with Crippen molar-refractivity contribution in [2.75, 3.05) is 5.32 Å². The minimum Gasteiger partial charge on any atom is -0.410 e. The van der Waals surface area contributed by atoms with Gasteiger partial charge in [0.1, 0.15) is 5.75 Å². The van der Waals surface area contributed by atoms with Gasteiger partial charge in [0.15, 0.2) is 0 Å². The number of amides is 1. The van der Waals surface area contributed by atoms with Crippen LogP contribution in [-0.4, -0.2) is 6.09 Å². The van der Waals surface area contributed by atoms with Crippen LogP contribution < -0.4 is 10.1 Å². The second kappa shape index (κ2) is 7.14. The Morgan fingerprint density at radius 2 is 1.71 bits per heavy atom. The molecular formula is C17H18ClNO2. The predicted molar refractivity (Wildman–Crippen MR) is 86.1 cm³/mol. The Balaban J connectivity index is 1.91. The molecule has 0 unspecified atom stereocenters. The maximum Gasteiger partial charge on any atom is 0.417 e. The largest absolute Gasteiger partial charge is 0.417 e. The van der Waals surface area contributed by atoms with Crippen molar-refractivity contribution in [3.05, 3.63) is 59.1 Å². The van der Waals surface area contributed by atoms with E-state index < -0.39 is 6.09 Å². The summed E-state index contributed by atoms with van der Waals surface area (Å²) in [7, 11) is 0. The topological polar surface area (TPSA) is 38.3 Å². The fourth-order valence-corrected chi connectivity index (χ4v) is 2.07. The van der Waals surface area contributed by atoms with Gasteiger partial charge in [-0.3, -0.25) is 5.32 Å². The first-order valence-electron chi connectivity index (χ1n) is 6.86. The third-order valence-electron chi connectivity index (χ3n) is 2.87. The number of halogens is 1. The molecule has 2 rings (SSSR count). The summed E-state index contributed by atoms with van der Waals surface area (Å²) in [6, 6.07) is 14.4. The fraction of sp³-hybridized carbons (Fsp3) is 0.235. The zero-order valence-electron chi connectivity index (χ0n) is 12.1. The molecule has 21 heavy (non-hydrogen) atoms. The number of rotatable bonds is 4. The van der Waals surface area contributed by atoms with Gasteiger partial charge in [-0.15, -0.1) is 0 Å². The minimum absolute atomic E-state index is 0.520. The van der Waals surface area contributed by atoms with Gasteiger partial charge < -0.3 is 4.74 Å². The van der Waals surface area contributed by atoms with Crippen LogP contribution in [0.5, 0.6) is 5.75 Å². The number of nitrogens with one attached hydrogen (secondary N) is 1. The maximum absolute atomic E-state index is 11.8. The third-order valence-corrected chi connectivity index (χ3v) is 3.12. The number of hydrogen-bond acceptors (Lipinski definition) is 2. The van der Waals surface area contributed by atoms with Crippen LogP contribution in [-0.2, 0) is 6.42 Å². The van der Waals surface area contributed by atoms with Crippen LogP contribution in [0.4, 0.5) is 10.5 Å². The van der Waals surface area contributed by atoms with Crippen molar-refractivity contribution in [2.24, 2.45) is 5.92 Å². The Labute approximate surface area is 129 Å². The first-order chi connectivity index (χ1) is 10.0. The molecule has 0 aliphatic heterocycles. The molecule has 0 heterocycles. The van der Waals surface area contributed by atoms with Gasteiger partial charge >= 0.3 is 6.09 Å². The molecule has 1 amide bonds. The standard InChI is InChI=1S/C17H18ClNO2/c1-12(2)11-13-3-9-16(10-4-13)21-17(20)19-15-7-5-14(18)6-8-15/h3-10,12H,11H2,1-2H3,(H,19,20). The molecule has 0 saturated heterocycles. The molecule has 0 aliphatic carbocycles. The zero-order valence-corrected chi connectivity index (χ0v) is 12.9. The van der Waals surface area contributed by atoms with Crippen molar-refractivity contribution in [2.45, 2.75) is 20.3 Å². The van der Waals surface area contributed by atoms with E-state index in [2.05, 4.69) is 19.2 Å². The van der Waals surface area contributed by atoms with Crippen molar-refractivity contribution in [1.29, 1.82) is 0 Å². The van der Waals surface area contributed by atoms with Gasteiger partial charge in [0.25, 0.3) is 0 Å². The summed E-state index contributed by atoms with van der Waals surface area (Å²) in [5.74, 6) is 1.12. The second-order valence-corrected chi connectivity index (χ2v) is 5.70. The van der Waals surface area contributed by atoms with Gasteiger partial charge in [0.2, 0.25) is 0 Å². The summed E-state index contributed by atoms with van der Waals surface area (Å²) in [5.41, 5.74) is 1.87. The molecule has 2 aromatic carbocycles.